The van der Waals surface area contributed by atoms with Gasteiger partial charge in [0.25, 0.3) is 0 Å². The van der Waals surface area contributed by atoms with Gasteiger partial charge in [0, 0.05) is 24.1 Å². The molecule has 0 radical (unpaired) electrons. The predicted molar refractivity (Wildman–Crippen MR) is 116 cm³/mol. The van der Waals surface area contributed by atoms with Crippen molar-refractivity contribution in [1.29, 1.82) is 0 Å². The second kappa shape index (κ2) is 7.95. The number of hydrogen-bond donors (Lipinski definition) is 1. The molecule has 1 atom stereocenters. The first-order valence-electron chi connectivity index (χ1n) is 10.0. The summed E-state index contributed by atoms with van der Waals surface area (Å²) in [6.45, 7) is 6.27. The predicted octanol–water partition coefficient (Wildman–Crippen LogP) is 4.83. The molecule has 1 unspecified atom stereocenters. The molecule has 0 aliphatic rings. The van der Waals surface area contributed by atoms with Crippen molar-refractivity contribution in [2.75, 3.05) is 0 Å². The lowest BCUT2D eigenvalue weighted by molar-refractivity contribution is -0.121. The Kier molecular flexibility index (Phi) is 5.21. The van der Waals surface area contributed by atoms with E-state index >= 15 is 0 Å². The molecule has 1 amide bonds. The van der Waals surface area contributed by atoms with Gasteiger partial charge in [0.05, 0.1) is 23.5 Å². The molecule has 1 N–H and O–H groups in total. The van der Waals surface area contributed by atoms with Crippen LogP contribution in [0.5, 0.6) is 0 Å². The molecule has 4 rings (SSSR count). The minimum Gasteiger partial charge on any atom is -0.346 e. The van der Waals surface area contributed by atoms with Gasteiger partial charge in [0.15, 0.2) is 0 Å². The Morgan fingerprint density at radius 2 is 1.66 bits per heavy atom. The molecule has 0 aliphatic heterocycles. The van der Waals surface area contributed by atoms with Crippen LogP contribution in [0.4, 0.5) is 0 Å². The van der Waals surface area contributed by atoms with Crippen LogP contribution in [0.15, 0.2) is 73.1 Å². The van der Waals surface area contributed by atoms with Crippen molar-refractivity contribution in [1.82, 2.24) is 19.4 Å². The number of imidazole rings is 1. The molecule has 2 aromatic heterocycles. The highest BCUT2D eigenvalue weighted by atomic mass is 16.1. The fourth-order valence-corrected chi connectivity index (χ4v) is 3.75. The van der Waals surface area contributed by atoms with E-state index in [0.29, 0.717) is 6.42 Å². The molecule has 0 aliphatic carbocycles. The number of carbonyl (C=O) groups excluding carboxylic acids is 1. The van der Waals surface area contributed by atoms with Gasteiger partial charge < -0.3 is 14.5 Å². The number of benzene rings is 2. The van der Waals surface area contributed by atoms with Crippen molar-refractivity contribution in [2.45, 2.75) is 39.3 Å². The fraction of sp³-hybridized carbons (Fsp3) is 0.250. The average Bonchev–Trinajstić information content (AvgIpc) is 3.36. The largest absolute Gasteiger partial charge is 0.346 e. The lowest BCUT2D eigenvalue weighted by Crippen LogP contribution is -2.30. The highest BCUT2D eigenvalue weighted by molar-refractivity contribution is 5.80. The number of aromatic nitrogens is 3. The Labute approximate surface area is 171 Å². The van der Waals surface area contributed by atoms with Gasteiger partial charge >= 0.3 is 0 Å². The first kappa shape index (κ1) is 19.0. The quantitative estimate of drug-likeness (QED) is 0.516. The lowest BCUT2D eigenvalue weighted by atomic mass is 10.1. The number of nitrogens with one attached hydrogen (secondary N) is 1. The third-order valence-corrected chi connectivity index (χ3v) is 5.11. The first-order valence-corrected chi connectivity index (χ1v) is 10.0. The van der Waals surface area contributed by atoms with Gasteiger partial charge in [-0.15, -0.1) is 0 Å². The van der Waals surface area contributed by atoms with E-state index in [-0.39, 0.29) is 18.0 Å². The van der Waals surface area contributed by atoms with Crippen LogP contribution in [0.1, 0.15) is 44.2 Å². The van der Waals surface area contributed by atoms with Gasteiger partial charge in [0.1, 0.15) is 5.82 Å². The van der Waals surface area contributed by atoms with Gasteiger partial charge in [-0.25, -0.2) is 4.98 Å². The van der Waals surface area contributed by atoms with E-state index in [1.807, 2.05) is 78.5 Å². The van der Waals surface area contributed by atoms with E-state index in [1.54, 1.807) is 0 Å². The van der Waals surface area contributed by atoms with Gasteiger partial charge in [0.2, 0.25) is 5.91 Å². The summed E-state index contributed by atoms with van der Waals surface area (Å²) < 4.78 is 4.24. The minimum absolute atomic E-state index is 0.00595. The van der Waals surface area contributed by atoms with Crippen molar-refractivity contribution in [3.63, 3.8) is 0 Å². The maximum Gasteiger partial charge on any atom is 0.224 e. The number of fused-ring (bicyclic) bond motifs is 1. The number of hydrogen-bond acceptors (Lipinski definition) is 2. The SMILES string of the molecule is CC(NC(=O)Cc1ccc(-n2cccc2)cc1)c1nc2ccccc2n1C(C)C. The topological polar surface area (TPSA) is 51.9 Å². The summed E-state index contributed by atoms with van der Waals surface area (Å²) >= 11 is 0. The highest BCUT2D eigenvalue weighted by Gasteiger charge is 2.19. The van der Waals surface area contributed by atoms with Gasteiger partial charge in [-0.05, 0) is 62.7 Å². The van der Waals surface area contributed by atoms with Crippen LogP contribution in [0, 0.1) is 0 Å². The Morgan fingerprint density at radius 1 is 0.966 bits per heavy atom. The summed E-state index contributed by atoms with van der Waals surface area (Å²) in [6.07, 6.45) is 4.35. The zero-order chi connectivity index (χ0) is 20.4. The number of nitrogens with zero attached hydrogens (tertiary/aromatic N) is 3. The van der Waals surface area contributed by atoms with Gasteiger partial charge in [-0.1, -0.05) is 24.3 Å². The van der Waals surface area contributed by atoms with Crippen LogP contribution < -0.4 is 5.32 Å². The summed E-state index contributed by atoms with van der Waals surface area (Å²) in [6, 6.07) is 20.2. The molecule has 0 saturated carbocycles. The van der Waals surface area contributed by atoms with Crippen LogP contribution in [-0.4, -0.2) is 20.0 Å². The third-order valence-electron chi connectivity index (χ3n) is 5.11. The number of amides is 1. The van der Waals surface area contributed by atoms with Crippen molar-refractivity contribution >= 4 is 16.9 Å². The maximum absolute atomic E-state index is 12.7. The molecule has 0 spiro atoms. The van der Waals surface area contributed by atoms with Crippen molar-refractivity contribution in [2.24, 2.45) is 0 Å². The zero-order valence-electron chi connectivity index (χ0n) is 17.0. The molecule has 0 fully saturated rings. The third kappa shape index (κ3) is 3.94. The monoisotopic (exact) mass is 386 g/mol. The smallest absolute Gasteiger partial charge is 0.224 e. The second-order valence-corrected chi connectivity index (χ2v) is 7.65. The summed E-state index contributed by atoms with van der Waals surface area (Å²) in [5.74, 6) is 0.881. The highest BCUT2D eigenvalue weighted by Crippen LogP contribution is 2.25. The Morgan fingerprint density at radius 3 is 2.34 bits per heavy atom. The van der Waals surface area contributed by atoms with E-state index in [9.17, 15) is 4.79 Å². The fourth-order valence-electron chi connectivity index (χ4n) is 3.75. The molecule has 0 saturated heterocycles. The molecule has 4 aromatic rings. The van der Waals surface area contributed by atoms with Gasteiger partial charge in [-0.3, -0.25) is 4.79 Å². The summed E-state index contributed by atoms with van der Waals surface area (Å²) in [7, 11) is 0. The minimum atomic E-state index is -0.170. The van der Waals surface area contributed by atoms with Crippen LogP contribution >= 0.6 is 0 Å². The molecule has 5 heteroatoms. The number of para-hydroxylation sites is 2. The molecular weight excluding hydrogens is 360 g/mol. The summed E-state index contributed by atoms with van der Waals surface area (Å²) in [5.41, 5.74) is 4.12. The van der Waals surface area contributed by atoms with Crippen LogP contribution in [0.25, 0.3) is 16.7 Å². The molecular formula is C24H26N4O. The van der Waals surface area contributed by atoms with Crippen LogP contribution in [0.3, 0.4) is 0 Å². The standard InChI is InChI=1S/C24H26N4O/c1-17(2)28-22-9-5-4-8-21(22)26-24(28)18(3)25-23(29)16-19-10-12-20(13-11-19)27-14-6-7-15-27/h4-15,17-18H,16H2,1-3H3,(H,25,29). The lowest BCUT2D eigenvalue weighted by Gasteiger charge is -2.19. The number of rotatable bonds is 6. The molecule has 5 nitrogen and oxygen atoms in total. The Hall–Kier alpha value is -3.34. The summed E-state index contributed by atoms with van der Waals surface area (Å²) in [5, 5.41) is 3.12. The Balaban J connectivity index is 1.47. The average molecular weight is 386 g/mol. The van der Waals surface area contributed by atoms with Crippen LogP contribution in [0.2, 0.25) is 0 Å². The maximum atomic E-state index is 12.7. The normalized spacial score (nSPS) is 12.4. The van der Waals surface area contributed by atoms with Crippen LogP contribution in [-0.2, 0) is 11.2 Å². The van der Waals surface area contributed by atoms with Gasteiger partial charge in [-0.2, -0.15) is 0 Å². The molecule has 29 heavy (non-hydrogen) atoms. The first-order chi connectivity index (χ1) is 14.0. The van der Waals surface area contributed by atoms with E-state index in [1.165, 1.54) is 0 Å². The molecule has 2 aromatic carbocycles. The van der Waals surface area contributed by atoms with Crippen molar-refractivity contribution in [3.8, 4) is 5.69 Å². The summed E-state index contributed by atoms with van der Waals surface area (Å²) in [4.78, 5) is 17.4. The van der Waals surface area contributed by atoms with E-state index in [4.69, 9.17) is 4.98 Å². The number of carbonyl (C=O) groups is 1. The van der Waals surface area contributed by atoms with E-state index < -0.39 is 0 Å². The Bertz CT molecular complexity index is 1110. The van der Waals surface area contributed by atoms with Crippen molar-refractivity contribution in [3.05, 3.63) is 84.4 Å². The zero-order valence-corrected chi connectivity index (χ0v) is 17.0. The second-order valence-electron chi connectivity index (χ2n) is 7.65. The van der Waals surface area contributed by atoms with E-state index in [2.05, 4.69) is 29.8 Å². The van der Waals surface area contributed by atoms with E-state index in [0.717, 1.165) is 28.1 Å². The molecule has 2 heterocycles. The molecule has 148 valence electrons. The molecule has 0 bridgehead atoms. The van der Waals surface area contributed by atoms with Crippen molar-refractivity contribution < 1.29 is 4.79 Å².